The largest absolute Gasteiger partial charge is 0.424 e. The topological polar surface area (TPSA) is 81.2 Å². The molecule has 0 unspecified atom stereocenters. The molecule has 118 valence electrons. The summed E-state index contributed by atoms with van der Waals surface area (Å²) in [6.07, 6.45) is 3.52. The summed E-state index contributed by atoms with van der Waals surface area (Å²) in [6, 6.07) is 15.8. The van der Waals surface area contributed by atoms with E-state index >= 15 is 0 Å². The van der Waals surface area contributed by atoms with Crippen molar-refractivity contribution in [2.45, 2.75) is 0 Å². The molecule has 3 rings (SSSR count). The minimum Gasteiger partial charge on any atom is -0.424 e. The van der Waals surface area contributed by atoms with Crippen molar-refractivity contribution < 1.29 is 14.3 Å². The van der Waals surface area contributed by atoms with Crippen molar-refractivity contribution in [1.29, 1.82) is 0 Å². The minimum absolute atomic E-state index is 0.160. The zero-order chi connectivity index (χ0) is 16.8. The first-order chi connectivity index (χ1) is 11.7. The molecule has 1 N–H and O–H groups in total. The Morgan fingerprint density at radius 1 is 0.958 bits per heavy atom. The standard InChI is InChI=1S/C18H13N3O3/c22-12-13-6-8-15(9-7-13)21-17(23)14-10-19-18(20-11-14)24-16-4-2-1-3-5-16/h1-12H,(H,21,23). The Morgan fingerprint density at radius 3 is 2.25 bits per heavy atom. The summed E-state index contributed by atoms with van der Waals surface area (Å²) < 4.78 is 5.47. The fraction of sp³-hybridized carbons (Fsp3) is 0. The van der Waals surface area contributed by atoms with E-state index in [1.807, 2.05) is 18.2 Å². The maximum Gasteiger partial charge on any atom is 0.321 e. The second-order valence-electron chi connectivity index (χ2n) is 4.86. The van der Waals surface area contributed by atoms with Crippen LogP contribution in [0.2, 0.25) is 0 Å². The van der Waals surface area contributed by atoms with Crippen molar-refractivity contribution in [3.63, 3.8) is 0 Å². The van der Waals surface area contributed by atoms with E-state index in [4.69, 9.17) is 4.74 Å². The Kier molecular flexibility index (Phi) is 4.57. The molecule has 24 heavy (non-hydrogen) atoms. The molecule has 3 aromatic rings. The number of nitrogens with one attached hydrogen (secondary N) is 1. The Morgan fingerprint density at radius 2 is 1.62 bits per heavy atom. The van der Waals surface area contributed by atoms with Gasteiger partial charge in [0.25, 0.3) is 5.91 Å². The summed E-state index contributed by atoms with van der Waals surface area (Å²) in [6.45, 7) is 0. The molecular weight excluding hydrogens is 306 g/mol. The van der Waals surface area contributed by atoms with E-state index in [2.05, 4.69) is 15.3 Å². The third kappa shape index (κ3) is 3.80. The van der Waals surface area contributed by atoms with Gasteiger partial charge < -0.3 is 10.1 Å². The zero-order valence-electron chi connectivity index (χ0n) is 12.5. The molecule has 0 saturated carbocycles. The summed E-state index contributed by atoms with van der Waals surface area (Å²) in [5.41, 5.74) is 1.42. The lowest BCUT2D eigenvalue weighted by molar-refractivity contribution is 0.102. The number of benzene rings is 2. The highest BCUT2D eigenvalue weighted by Gasteiger charge is 2.08. The van der Waals surface area contributed by atoms with Crippen molar-refractivity contribution in [2.24, 2.45) is 0 Å². The second kappa shape index (κ2) is 7.15. The average Bonchev–Trinajstić information content (AvgIpc) is 2.64. The number of ether oxygens (including phenoxy) is 1. The van der Waals surface area contributed by atoms with Crippen LogP contribution in [0, 0.1) is 0 Å². The second-order valence-corrected chi connectivity index (χ2v) is 4.86. The van der Waals surface area contributed by atoms with Gasteiger partial charge in [-0.3, -0.25) is 9.59 Å². The number of anilines is 1. The predicted molar refractivity (Wildman–Crippen MR) is 88.3 cm³/mol. The molecule has 1 amide bonds. The van der Waals surface area contributed by atoms with Gasteiger partial charge in [-0.25, -0.2) is 9.97 Å². The molecular formula is C18H13N3O3. The maximum atomic E-state index is 12.1. The smallest absolute Gasteiger partial charge is 0.321 e. The Labute approximate surface area is 138 Å². The Bertz CT molecular complexity index is 832. The first-order valence-corrected chi connectivity index (χ1v) is 7.16. The third-order valence-electron chi connectivity index (χ3n) is 3.15. The summed E-state index contributed by atoms with van der Waals surface area (Å²) in [5, 5.41) is 2.70. The number of para-hydroxylation sites is 1. The number of carbonyl (C=O) groups excluding carboxylic acids is 2. The number of nitrogens with zero attached hydrogens (tertiary/aromatic N) is 2. The molecule has 0 aliphatic carbocycles. The van der Waals surface area contributed by atoms with Crippen molar-refractivity contribution in [2.75, 3.05) is 5.32 Å². The van der Waals surface area contributed by atoms with Gasteiger partial charge in [-0.15, -0.1) is 0 Å². The molecule has 1 aromatic heterocycles. The number of aldehydes is 1. The fourth-order valence-corrected chi connectivity index (χ4v) is 1.93. The van der Waals surface area contributed by atoms with E-state index in [0.29, 0.717) is 22.6 Å². The van der Waals surface area contributed by atoms with Crippen LogP contribution in [-0.4, -0.2) is 22.2 Å². The Hall–Kier alpha value is -3.54. The van der Waals surface area contributed by atoms with Gasteiger partial charge in [0.05, 0.1) is 5.56 Å². The summed E-state index contributed by atoms with van der Waals surface area (Å²) >= 11 is 0. The maximum absolute atomic E-state index is 12.1. The van der Waals surface area contributed by atoms with Gasteiger partial charge in [-0.05, 0) is 36.4 Å². The van der Waals surface area contributed by atoms with Crippen LogP contribution in [-0.2, 0) is 0 Å². The number of carbonyl (C=O) groups is 2. The van der Waals surface area contributed by atoms with Gasteiger partial charge >= 0.3 is 6.01 Å². The predicted octanol–water partition coefficient (Wildman–Crippen LogP) is 3.33. The van der Waals surface area contributed by atoms with Gasteiger partial charge in [-0.1, -0.05) is 18.2 Å². The molecule has 0 saturated heterocycles. The lowest BCUT2D eigenvalue weighted by atomic mass is 10.2. The van der Waals surface area contributed by atoms with E-state index in [1.54, 1.807) is 36.4 Å². The van der Waals surface area contributed by atoms with Gasteiger partial charge in [0, 0.05) is 23.6 Å². The fourth-order valence-electron chi connectivity index (χ4n) is 1.93. The van der Waals surface area contributed by atoms with Gasteiger partial charge in [0.2, 0.25) is 0 Å². The molecule has 0 atom stereocenters. The molecule has 0 radical (unpaired) electrons. The molecule has 1 heterocycles. The quantitative estimate of drug-likeness (QED) is 0.729. The van der Waals surface area contributed by atoms with Crippen LogP contribution in [0.15, 0.2) is 67.0 Å². The van der Waals surface area contributed by atoms with Crippen molar-refractivity contribution >= 4 is 17.9 Å². The number of amides is 1. The molecule has 0 bridgehead atoms. The number of rotatable bonds is 5. The molecule has 0 fully saturated rings. The van der Waals surface area contributed by atoms with Crippen LogP contribution < -0.4 is 10.1 Å². The summed E-state index contributed by atoms with van der Waals surface area (Å²) in [7, 11) is 0. The normalized spacial score (nSPS) is 10.0. The highest BCUT2D eigenvalue weighted by Crippen LogP contribution is 2.16. The minimum atomic E-state index is -0.347. The number of hydrogen-bond donors (Lipinski definition) is 1. The van der Waals surface area contributed by atoms with Crippen LogP contribution in [0.5, 0.6) is 11.8 Å². The number of aromatic nitrogens is 2. The van der Waals surface area contributed by atoms with Crippen LogP contribution in [0.1, 0.15) is 20.7 Å². The van der Waals surface area contributed by atoms with E-state index in [0.717, 1.165) is 6.29 Å². The summed E-state index contributed by atoms with van der Waals surface area (Å²) in [5.74, 6) is 0.269. The zero-order valence-corrected chi connectivity index (χ0v) is 12.5. The lowest BCUT2D eigenvalue weighted by Crippen LogP contribution is -2.12. The van der Waals surface area contributed by atoms with Crippen molar-refractivity contribution in [3.8, 4) is 11.8 Å². The molecule has 0 spiro atoms. The van der Waals surface area contributed by atoms with Gasteiger partial charge in [0.1, 0.15) is 12.0 Å². The van der Waals surface area contributed by atoms with Crippen molar-refractivity contribution in [1.82, 2.24) is 9.97 Å². The SMILES string of the molecule is O=Cc1ccc(NC(=O)c2cnc(Oc3ccccc3)nc2)cc1. The van der Waals surface area contributed by atoms with Crippen LogP contribution in [0.3, 0.4) is 0 Å². The summed E-state index contributed by atoms with van der Waals surface area (Å²) in [4.78, 5) is 30.8. The number of hydrogen-bond acceptors (Lipinski definition) is 5. The van der Waals surface area contributed by atoms with E-state index in [-0.39, 0.29) is 11.9 Å². The van der Waals surface area contributed by atoms with E-state index < -0.39 is 0 Å². The van der Waals surface area contributed by atoms with Crippen LogP contribution in [0.25, 0.3) is 0 Å². The lowest BCUT2D eigenvalue weighted by Gasteiger charge is -2.06. The third-order valence-corrected chi connectivity index (χ3v) is 3.15. The molecule has 6 heteroatoms. The van der Waals surface area contributed by atoms with E-state index in [9.17, 15) is 9.59 Å². The first-order valence-electron chi connectivity index (χ1n) is 7.16. The highest BCUT2D eigenvalue weighted by molar-refractivity contribution is 6.03. The van der Waals surface area contributed by atoms with Crippen molar-refractivity contribution in [3.05, 3.63) is 78.1 Å². The average molecular weight is 319 g/mol. The van der Waals surface area contributed by atoms with Crippen LogP contribution in [0.4, 0.5) is 5.69 Å². The van der Waals surface area contributed by atoms with Crippen LogP contribution >= 0.6 is 0 Å². The molecule has 6 nitrogen and oxygen atoms in total. The molecule has 0 aliphatic rings. The van der Waals surface area contributed by atoms with E-state index in [1.165, 1.54) is 12.4 Å². The molecule has 2 aromatic carbocycles. The highest BCUT2D eigenvalue weighted by atomic mass is 16.5. The molecule has 0 aliphatic heterocycles. The van der Waals surface area contributed by atoms with Gasteiger partial charge in [0.15, 0.2) is 0 Å². The monoisotopic (exact) mass is 319 g/mol. The van der Waals surface area contributed by atoms with Gasteiger partial charge in [-0.2, -0.15) is 0 Å². The Balaban J connectivity index is 1.65. The first kappa shape index (κ1) is 15.4.